The second-order valence-corrected chi connectivity index (χ2v) is 5.19. The van der Waals surface area contributed by atoms with Crippen molar-refractivity contribution in [1.82, 2.24) is 0 Å². The molecule has 0 heterocycles. The number of benzene rings is 2. The van der Waals surface area contributed by atoms with Gasteiger partial charge in [0.15, 0.2) is 0 Å². The second kappa shape index (κ2) is 5.70. The lowest BCUT2D eigenvalue weighted by molar-refractivity contribution is 0.405. The number of ether oxygens (including phenoxy) is 1. The highest BCUT2D eigenvalue weighted by Gasteiger charge is 2.20. The Kier molecular flexibility index (Phi) is 4.20. The predicted molar refractivity (Wildman–Crippen MR) is 74.9 cm³/mol. The molecular formula is C15H13BrF2O. The van der Waals surface area contributed by atoms with Crippen LogP contribution < -0.4 is 4.74 Å². The summed E-state index contributed by atoms with van der Waals surface area (Å²) in [5.74, 6) is -1.08. The number of methoxy groups -OCH3 is 1. The average Bonchev–Trinajstić information content (AvgIpc) is 2.38. The first kappa shape index (κ1) is 14.0. The van der Waals surface area contributed by atoms with Gasteiger partial charge < -0.3 is 4.74 Å². The van der Waals surface area contributed by atoms with Gasteiger partial charge in [-0.1, -0.05) is 45.8 Å². The van der Waals surface area contributed by atoms with E-state index in [1.165, 1.54) is 19.2 Å². The molecule has 2 rings (SSSR count). The zero-order valence-corrected chi connectivity index (χ0v) is 12.2. The summed E-state index contributed by atoms with van der Waals surface area (Å²) in [5.41, 5.74) is 1.89. The fourth-order valence-electron chi connectivity index (χ4n) is 1.82. The van der Waals surface area contributed by atoms with Crippen LogP contribution in [0.25, 0.3) is 0 Å². The molecule has 1 unspecified atom stereocenters. The van der Waals surface area contributed by atoms with Crippen LogP contribution in [0.5, 0.6) is 5.75 Å². The van der Waals surface area contributed by atoms with Gasteiger partial charge in [0.1, 0.15) is 17.4 Å². The van der Waals surface area contributed by atoms with Crippen molar-refractivity contribution in [1.29, 1.82) is 0 Å². The minimum Gasteiger partial charge on any atom is -0.497 e. The maximum absolute atomic E-state index is 14.0. The molecule has 0 aliphatic rings. The summed E-state index contributed by atoms with van der Waals surface area (Å²) in [6, 6.07) is 9.86. The Morgan fingerprint density at radius 2 is 1.58 bits per heavy atom. The van der Waals surface area contributed by atoms with Crippen molar-refractivity contribution >= 4 is 15.9 Å². The SMILES string of the molecule is COc1cc(F)c(C(Br)c2ccc(C)cc2)c(F)c1. The highest BCUT2D eigenvalue weighted by Crippen LogP contribution is 2.35. The van der Waals surface area contributed by atoms with Crippen LogP contribution in [0.1, 0.15) is 21.5 Å². The van der Waals surface area contributed by atoms with Gasteiger partial charge in [0.2, 0.25) is 0 Å². The van der Waals surface area contributed by atoms with E-state index in [-0.39, 0.29) is 11.3 Å². The van der Waals surface area contributed by atoms with Crippen LogP contribution >= 0.6 is 15.9 Å². The van der Waals surface area contributed by atoms with Gasteiger partial charge in [-0.25, -0.2) is 8.78 Å². The van der Waals surface area contributed by atoms with Crippen LogP contribution in [0.15, 0.2) is 36.4 Å². The molecule has 0 N–H and O–H groups in total. The first-order valence-electron chi connectivity index (χ1n) is 5.76. The van der Waals surface area contributed by atoms with Crippen molar-refractivity contribution < 1.29 is 13.5 Å². The van der Waals surface area contributed by atoms with Crippen molar-refractivity contribution in [2.45, 2.75) is 11.8 Å². The van der Waals surface area contributed by atoms with Crippen molar-refractivity contribution in [3.8, 4) is 5.75 Å². The molecule has 0 radical (unpaired) electrons. The van der Waals surface area contributed by atoms with E-state index in [1.54, 1.807) is 0 Å². The summed E-state index contributed by atoms with van der Waals surface area (Å²) in [6.45, 7) is 1.96. The topological polar surface area (TPSA) is 9.23 Å². The Bertz CT molecular complexity index is 558. The maximum Gasteiger partial charge on any atom is 0.134 e. The van der Waals surface area contributed by atoms with Gasteiger partial charge in [0.05, 0.1) is 11.9 Å². The van der Waals surface area contributed by atoms with Crippen LogP contribution in [-0.4, -0.2) is 7.11 Å². The molecule has 0 saturated carbocycles. The van der Waals surface area contributed by atoms with E-state index < -0.39 is 16.5 Å². The Morgan fingerprint density at radius 1 is 1.05 bits per heavy atom. The van der Waals surface area contributed by atoms with Gasteiger partial charge in [-0.2, -0.15) is 0 Å². The Morgan fingerprint density at radius 3 is 2.05 bits per heavy atom. The smallest absolute Gasteiger partial charge is 0.134 e. The molecule has 2 aromatic carbocycles. The lowest BCUT2D eigenvalue weighted by Crippen LogP contribution is -2.01. The Hall–Kier alpha value is -1.42. The summed E-state index contributed by atoms with van der Waals surface area (Å²) < 4.78 is 32.8. The zero-order valence-electron chi connectivity index (χ0n) is 10.6. The highest BCUT2D eigenvalue weighted by atomic mass is 79.9. The molecule has 19 heavy (non-hydrogen) atoms. The molecule has 0 aromatic heterocycles. The zero-order chi connectivity index (χ0) is 14.0. The molecule has 0 fully saturated rings. The predicted octanol–water partition coefficient (Wildman–Crippen LogP) is 4.77. The third-order valence-electron chi connectivity index (χ3n) is 2.91. The van der Waals surface area contributed by atoms with Gasteiger partial charge in [-0.3, -0.25) is 0 Å². The quantitative estimate of drug-likeness (QED) is 0.738. The second-order valence-electron chi connectivity index (χ2n) is 4.28. The van der Waals surface area contributed by atoms with E-state index in [1.807, 2.05) is 31.2 Å². The largest absolute Gasteiger partial charge is 0.497 e. The van der Waals surface area contributed by atoms with Gasteiger partial charge in [-0.05, 0) is 12.5 Å². The molecule has 100 valence electrons. The third kappa shape index (κ3) is 2.95. The van der Waals surface area contributed by atoms with E-state index in [4.69, 9.17) is 4.74 Å². The number of aryl methyl sites for hydroxylation is 1. The van der Waals surface area contributed by atoms with Gasteiger partial charge in [0, 0.05) is 17.7 Å². The molecule has 0 aliphatic heterocycles. The van der Waals surface area contributed by atoms with Crippen molar-refractivity contribution in [3.63, 3.8) is 0 Å². The fraction of sp³-hybridized carbons (Fsp3) is 0.200. The van der Waals surface area contributed by atoms with Crippen LogP contribution in [0, 0.1) is 18.6 Å². The van der Waals surface area contributed by atoms with Gasteiger partial charge >= 0.3 is 0 Å². The first-order chi connectivity index (χ1) is 9.02. The number of hydrogen-bond acceptors (Lipinski definition) is 1. The number of rotatable bonds is 3. The molecule has 1 atom stereocenters. The van der Waals surface area contributed by atoms with Gasteiger partial charge in [-0.15, -0.1) is 0 Å². The third-order valence-corrected chi connectivity index (χ3v) is 3.90. The van der Waals surface area contributed by atoms with Crippen LogP contribution in [0.3, 0.4) is 0 Å². The van der Waals surface area contributed by atoms with Crippen LogP contribution in [-0.2, 0) is 0 Å². The number of halogens is 3. The van der Waals surface area contributed by atoms with Crippen molar-refractivity contribution in [3.05, 3.63) is 64.7 Å². The summed E-state index contributed by atoms with van der Waals surface area (Å²) in [6.07, 6.45) is 0. The Labute approximate surface area is 119 Å². The van der Waals surface area contributed by atoms with Crippen molar-refractivity contribution in [2.24, 2.45) is 0 Å². The molecule has 0 aliphatic carbocycles. The molecule has 1 nitrogen and oxygen atoms in total. The van der Waals surface area contributed by atoms with Crippen LogP contribution in [0.4, 0.5) is 8.78 Å². The first-order valence-corrected chi connectivity index (χ1v) is 6.68. The average molecular weight is 327 g/mol. The molecule has 0 bridgehead atoms. The van der Waals surface area contributed by atoms with Crippen molar-refractivity contribution in [2.75, 3.05) is 7.11 Å². The van der Waals surface area contributed by atoms with E-state index in [0.29, 0.717) is 0 Å². The van der Waals surface area contributed by atoms with E-state index in [2.05, 4.69) is 15.9 Å². The molecule has 2 aromatic rings. The Balaban J connectivity index is 2.44. The normalized spacial score (nSPS) is 12.3. The lowest BCUT2D eigenvalue weighted by Gasteiger charge is -2.14. The summed E-state index contributed by atoms with van der Waals surface area (Å²) in [7, 11) is 1.37. The molecule has 0 amide bonds. The highest BCUT2D eigenvalue weighted by molar-refractivity contribution is 9.09. The summed E-state index contributed by atoms with van der Waals surface area (Å²) in [5, 5.41) is 0. The van der Waals surface area contributed by atoms with E-state index in [0.717, 1.165) is 11.1 Å². The lowest BCUT2D eigenvalue weighted by atomic mass is 10.0. The maximum atomic E-state index is 14.0. The van der Waals surface area contributed by atoms with E-state index in [9.17, 15) is 8.78 Å². The number of hydrogen-bond donors (Lipinski definition) is 0. The minimum atomic E-state index is -0.626. The molecule has 0 saturated heterocycles. The summed E-state index contributed by atoms with van der Waals surface area (Å²) in [4.78, 5) is -0.529. The minimum absolute atomic E-state index is 0.00958. The van der Waals surface area contributed by atoms with E-state index >= 15 is 0 Å². The number of alkyl halides is 1. The van der Waals surface area contributed by atoms with Crippen LogP contribution in [0.2, 0.25) is 0 Å². The fourth-order valence-corrected chi connectivity index (χ4v) is 2.57. The molecule has 4 heteroatoms. The monoisotopic (exact) mass is 326 g/mol. The summed E-state index contributed by atoms with van der Waals surface area (Å²) >= 11 is 3.35. The molecule has 0 spiro atoms. The molecular weight excluding hydrogens is 314 g/mol. The standard InChI is InChI=1S/C15H13BrF2O/c1-9-3-5-10(6-4-9)15(16)14-12(17)7-11(19-2)8-13(14)18/h3-8,15H,1-2H3. The van der Waals surface area contributed by atoms with Gasteiger partial charge in [0.25, 0.3) is 0 Å².